The monoisotopic (exact) mass is 374 g/mol. The minimum atomic E-state index is -0.173. The predicted octanol–water partition coefficient (Wildman–Crippen LogP) is 4.35. The van der Waals surface area contributed by atoms with Crippen LogP contribution < -0.4 is 15.0 Å². The summed E-state index contributed by atoms with van der Waals surface area (Å²) in [6, 6.07) is 10.9. The van der Waals surface area contributed by atoms with Crippen molar-refractivity contribution in [2.24, 2.45) is 0 Å². The molecule has 0 atom stereocenters. The van der Waals surface area contributed by atoms with E-state index >= 15 is 0 Å². The van der Waals surface area contributed by atoms with Crippen molar-refractivity contribution in [3.8, 4) is 5.75 Å². The predicted molar refractivity (Wildman–Crippen MR) is 105 cm³/mol. The number of halogens is 1. The Balaban J connectivity index is 2.10. The Morgan fingerprint density at radius 1 is 1.15 bits per heavy atom. The zero-order valence-corrected chi connectivity index (χ0v) is 16.2. The number of hydrogen-bond acceptors (Lipinski definition) is 3. The summed E-state index contributed by atoms with van der Waals surface area (Å²) in [6.07, 6.45) is 0.165. The minimum Gasteiger partial charge on any atom is -0.495 e. The molecule has 0 aliphatic rings. The van der Waals surface area contributed by atoms with Crippen LogP contribution >= 0.6 is 11.6 Å². The van der Waals surface area contributed by atoms with Gasteiger partial charge in [-0.05, 0) is 55.3 Å². The second-order valence-electron chi connectivity index (χ2n) is 6.10. The first kappa shape index (κ1) is 19.8. The number of nitrogens with zero attached hydrogens (tertiary/aromatic N) is 1. The third kappa shape index (κ3) is 4.99. The van der Waals surface area contributed by atoms with Gasteiger partial charge in [-0.2, -0.15) is 0 Å². The number of ether oxygens (including phenoxy) is 1. The highest BCUT2D eigenvalue weighted by Crippen LogP contribution is 2.29. The van der Waals surface area contributed by atoms with Gasteiger partial charge in [0.1, 0.15) is 5.75 Å². The van der Waals surface area contributed by atoms with Gasteiger partial charge in [-0.3, -0.25) is 9.59 Å². The quantitative estimate of drug-likeness (QED) is 0.817. The number of anilines is 2. The lowest BCUT2D eigenvalue weighted by atomic mass is 10.1. The van der Waals surface area contributed by atoms with Gasteiger partial charge in [0.05, 0.1) is 12.8 Å². The molecular formula is C20H23ClN2O3. The van der Waals surface area contributed by atoms with Crippen LogP contribution in [0.15, 0.2) is 36.4 Å². The van der Waals surface area contributed by atoms with Gasteiger partial charge in [0, 0.05) is 30.6 Å². The van der Waals surface area contributed by atoms with E-state index in [0.717, 1.165) is 11.1 Å². The Bertz CT molecular complexity index is 821. The third-order valence-electron chi connectivity index (χ3n) is 4.03. The fourth-order valence-corrected chi connectivity index (χ4v) is 2.88. The summed E-state index contributed by atoms with van der Waals surface area (Å²) in [5.41, 5.74) is 3.26. The van der Waals surface area contributed by atoms with Crippen LogP contribution in [0.3, 0.4) is 0 Å². The normalized spacial score (nSPS) is 10.3. The van der Waals surface area contributed by atoms with Crippen LogP contribution in [0, 0.1) is 13.8 Å². The second-order valence-corrected chi connectivity index (χ2v) is 6.54. The van der Waals surface area contributed by atoms with Crippen LogP contribution in [0.4, 0.5) is 11.4 Å². The Morgan fingerprint density at radius 3 is 2.50 bits per heavy atom. The molecule has 0 saturated heterocycles. The molecule has 26 heavy (non-hydrogen) atoms. The largest absolute Gasteiger partial charge is 0.495 e. The van der Waals surface area contributed by atoms with E-state index in [1.807, 2.05) is 32.0 Å². The highest BCUT2D eigenvalue weighted by Gasteiger charge is 2.18. The van der Waals surface area contributed by atoms with Crippen molar-refractivity contribution in [3.63, 3.8) is 0 Å². The molecule has 2 amide bonds. The van der Waals surface area contributed by atoms with E-state index < -0.39 is 0 Å². The van der Waals surface area contributed by atoms with Crippen molar-refractivity contribution < 1.29 is 14.3 Å². The first-order valence-electron chi connectivity index (χ1n) is 8.30. The molecule has 5 nitrogen and oxygen atoms in total. The zero-order chi connectivity index (χ0) is 19.3. The van der Waals surface area contributed by atoms with Crippen LogP contribution in [0.25, 0.3) is 0 Å². The molecule has 0 aliphatic heterocycles. The maximum atomic E-state index is 12.3. The standard InChI is InChI=1S/C20H23ClN2O3/c1-13-5-8-19(26-4)18(11-13)23(15(3)24)10-9-20(25)22-17-7-6-16(21)12-14(17)2/h5-8,11-12H,9-10H2,1-4H3,(H,22,25). The molecule has 2 aromatic carbocycles. The van der Waals surface area contributed by atoms with Crippen LogP contribution in [-0.2, 0) is 9.59 Å². The van der Waals surface area contributed by atoms with Crippen LogP contribution in [0.1, 0.15) is 24.5 Å². The summed E-state index contributed by atoms with van der Waals surface area (Å²) in [7, 11) is 1.56. The smallest absolute Gasteiger partial charge is 0.226 e. The summed E-state index contributed by atoms with van der Waals surface area (Å²) in [5.74, 6) is 0.275. The summed E-state index contributed by atoms with van der Waals surface area (Å²) >= 11 is 5.93. The molecule has 138 valence electrons. The first-order valence-corrected chi connectivity index (χ1v) is 8.68. The molecule has 2 rings (SSSR count). The first-order chi connectivity index (χ1) is 12.3. The molecule has 0 fully saturated rings. The highest BCUT2D eigenvalue weighted by atomic mass is 35.5. The molecule has 6 heteroatoms. The zero-order valence-electron chi connectivity index (χ0n) is 15.4. The molecule has 0 heterocycles. The summed E-state index contributed by atoms with van der Waals surface area (Å²) in [4.78, 5) is 26.0. The van der Waals surface area contributed by atoms with E-state index in [2.05, 4.69) is 5.32 Å². The van der Waals surface area contributed by atoms with Crippen molar-refractivity contribution in [2.75, 3.05) is 23.9 Å². The van der Waals surface area contributed by atoms with Crippen LogP contribution in [0.2, 0.25) is 5.02 Å². The fraction of sp³-hybridized carbons (Fsp3) is 0.300. The molecule has 0 bridgehead atoms. The lowest BCUT2D eigenvalue weighted by molar-refractivity contribution is -0.117. The molecule has 0 unspecified atom stereocenters. The lowest BCUT2D eigenvalue weighted by Gasteiger charge is -2.23. The minimum absolute atomic E-state index is 0.149. The maximum Gasteiger partial charge on any atom is 0.226 e. The summed E-state index contributed by atoms with van der Waals surface area (Å²) in [5, 5.41) is 3.48. The van der Waals surface area contributed by atoms with Crippen molar-refractivity contribution >= 4 is 34.8 Å². The van der Waals surface area contributed by atoms with E-state index in [9.17, 15) is 9.59 Å². The number of hydrogen-bond donors (Lipinski definition) is 1. The molecule has 0 spiro atoms. The van der Waals surface area contributed by atoms with Gasteiger partial charge >= 0.3 is 0 Å². The van der Waals surface area contributed by atoms with Crippen molar-refractivity contribution in [2.45, 2.75) is 27.2 Å². The van der Waals surface area contributed by atoms with E-state index in [-0.39, 0.29) is 24.8 Å². The maximum absolute atomic E-state index is 12.3. The van der Waals surface area contributed by atoms with Crippen molar-refractivity contribution in [1.82, 2.24) is 0 Å². The molecular weight excluding hydrogens is 352 g/mol. The Hall–Kier alpha value is -2.53. The number of rotatable bonds is 6. The fourth-order valence-electron chi connectivity index (χ4n) is 2.65. The average molecular weight is 375 g/mol. The number of nitrogens with one attached hydrogen (secondary N) is 1. The number of carbonyl (C=O) groups is 2. The average Bonchev–Trinajstić information content (AvgIpc) is 2.57. The molecule has 2 aromatic rings. The van der Waals surface area contributed by atoms with E-state index in [1.165, 1.54) is 6.92 Å². The molecule has 1 N–H and O–H groups in total. The number of methoxy groups -OCH3 is 1. The second kappa shape index (κ2) is 8.72. The lowest BCUT2D eigenvalue weighted by Crippen LogP contribution is -2.32. The number of amides is 2. The number of aryl methyl sites for hydroxylation is 2. The SMILES string of the molecule is COc1ccc(C)cc1N(CCC(=O)Nc1ccc(Cl)cc1C)C(C)=O. The van der Waals surface area contributed by atoms with Gasteiger partial charge < -0.3 is 15.0 Å². The van der Waals surface area contributed by atoms with Gasteiger partial charge in [-0.1, -0.05) is 17.7 Å². The summed E-state index contributed by atoms with van der Waals surface area (Å²) in [6.45, 7) is 5.55. The van der Waals surface area contributed by atoms with Crippen molar-refractivity contribution in [3.05, 3.63) is 52.5 Å². The van der Waals surface area contributed by atoms with Gasteiger partial charge in [0.15, 0.2) is 0 Å². The van der Waals surface area contributed by atoms with Gasteiger partial charge in [0.2, 0.25) is 11.8 Å². The van der Waals surface area contributed by atoms with E-state index in [1.54, 1.807) is 30.2 Å². The van der Waals surface area contributed by atoms with Crippen molar-refractivity contribution in [1.29, 1.82) is 0 Å². The Labute approximate surface area is 158 Å². The third-order valence-corrected chi connectivity index (χ3v) is 4.27. The van der Waals surface area contributed by atoms with Gasteiger partial charge in [-0.25, -0.2) is 0 Å². The Kier molecular flexibility index (Phi) is 6.64. The van der Waals surface area contributed by atoms with Crippen LogP contribution in [-0.4, -0.2) is 25.5 Å². The summed E-state index contributed by atoms with van der Waals surface area (Å²) < 4.78 is 5.35. The molecule has 0 aliphatic carbocycles. The van der Waals surface area contributed by atoms with E-state index in [4.69, 9.17) is 16.3 Å². The number of benzene rings is 2. The highest BCUT2D eigenvalue weighted by molar-refractivity contribution is 6.30. The Morgan fingerprint density at radius 2 is 1.88 bits per heavy atom. The molecule has 0 radical (unpaired) electrons. The van der Waals surface area contributed by atoms with Gasteiger partial charge in [-0.15, -0.1) is 0 Å². The molecule has 0 saturated carbocycles. The van der Waals surface area contributed by atoms with Crippen LogP contribution in [0.5, 0.6) is 5.75 Å². The topological polar surface area (TPSA) is 58.6 Å². The van der Waals surface area contributed by atoms with Gasteiger partial charge in [0.25, 0.3) is 0 Å². The molecule has 0 aromatic heterocycles. The van der Waals surface area contributed by atoms with E-state index in [0.29, 0.717) is 22.1 Å². The number of carbonyl (C=O) groups excluding carboxylic acids is 2.